The zero-order valence-electron chi connectivity index (χ0n) is 7.69. The largest absolute Gasteiger partial charge is 0.319 e. The second kappa shape index (κ2) is 4.51. The van der Waals surface area contributed by atoms with Gasteiger partial charge >= 0.3 is 0 Å². The molecule has 0 atom stereocenters. The third-order valence-electron chi connectivity index (χ3n) is 1.90. The van der Waals surface area contributed by atoms with Gasteiger partial charge in [0.25, 0.3) is 0 Å². The van der Waals surface area contributed by atoms with Gasteiger partial charge in [-0.3, -0.25) is 0 Å². The van der Waals surface area contributed by atoms with Gasteiger partial charge in [-0.15, -0.1) is 10.2 Å². The van der Waals surface area contributed by atoms with E-state index in [1.54, 1.807) is 23.4 Å². The molecule has 0 saturated carbocycles. The van der Waals surface area contributed by atoms with Crippen molar-refractivity contribution in [2.45, 2.75) is 6.54 Å². The SMILES string of the molecule is Clc1cccc(CNn2cnnc2)c1Cl. The van der Waals surface area contributed by atoms with Crippen molar-refractivity contribution in [3.63, 3.8) is 0 Å². The van der Waals surface area contributed by atoms with Crippen molar-refractivity contribution in [3.05, 3.63) is 46.5 Å². The summed E-state index contributed by atoms with van der Waals surface area (Å²) in [4.78, 5) is 0. The van der Waals surface area contributed by atoms with Crippen molar-refractivity contribution in [3.8, 4) is 0 Å². The summed E-state index contributed by atoms with van der Waals surface area (Å²) in [6, 6.07) is 5.52. The van der Waals surface area contributed by atoms with E-state index in [2.05, 4.69) is 15.6 Å². The molecule has 0 bridgehead atoms. The Kier molecular flexibility index (Phi) is 3.08. The van der Waals surface area contributed by atoms with Gasteiger partial charge in [0.2, 0.25) is 0 Å². The quantitative estimate of drug-likeness (QED) is 0.899. The first kappa shape index (κ1) is 10.3. The van der Waals surface area contributed by atoms with Gasteiger partial charge in [0.15, 0.2) is 0 Å². The third-order valence-corrected chi connectivity index (χ3v) is 2.76. The Bertz CT molecular complexity index is 441. The third kappa shape index (κ3) is 2.40. The van der Waals surface area contributed by atoms with Crippen LogP contribution < -0.4 is 5.43 Å². The van der Waals surface area contributed by atoms with Gasteiger partial charge < -0.3 is 5.43 Å². The van der Waals surface area contributed by atoms with E-state index in [1.807, 2.05) is 12.1 Å². The first-order chi connectivity index (χ1) is 7.27. The molecule has 0 fully saturated rings. The van der Waals surface area contributed by atoms with E-state index in [-0.39, 0.29) is 0 Å². The zero-order valence-corrected chi connectivity index (χ0v) is 9.20. The number of hydrogen-bond acceptors (Lipinski definition) is 3. The van der Waals surface area contributed by atoms with Gasteiger partial charge in [-0.2, -0.15) is 0 Å². The van der Waals surface area contributed by atoms with Crippen LogP contribution in [0.4, 0.5) is 0 Å². The Morgan fingerprint density at radius 2 is 1.93 bits per heavy atom. The van der Waals surface area contributed by atoms with Crippen molar-refractivity contribution in [1.29, 1.82) is 0 Å². The van der Waals surface area contributed by atoms with Crippen LogP contribution in [0, 0.1) is 0 Å². The van der Waals surface area contributed by atoms with Crippen molar-refractivity contribution in [2.75, 3.05) is 5.43 Å². The minimum Gasteiger partial charge on any atom is -0.319 e. The van der Waals surface area contributed by atoms with Crippen molar-refractivity contribution < 1.29 is 0 Å². The molecule has 2 rings (SSSR count). The number of aromatic nitrogens is 3. The molecule has 6 heteroatoms. The fourth-order valence-corrected chi connectivity index (χ4v) is 1.53. The number of benzene rings is 1. The second-order valence-electron chi connectivity index (χ2n) is 2.92. The number of halogens is 2. The molecule has 0 saturated heterocycles. The van der Waals surface area contributed by atoms with Gasteiger partial charge in [-0.25, -0.2) is 4.68 Å². The lowest BCUT2D eigenvalue weighted by atomic mass is 10.2. The van der Waals surface area contributed by atoms with E-state index in [0.29, 0.717) is 16.6 Å². The van der Waals surface area contributed by atoms with E-state index in [4.69, 9.17) is 23.2 Å². The van der Waals surface area contributed by atoms with E-state index in [1.165, 1.54) is 0 Å². The highest BCUT2D eigenvalue weighted by Crippen LogP contribution is 2.25. The van der Waals surface area contributed by atoms with Crippen molar-refractivity contribution in [2.24, 2.45) is 0 Å². The fourth-order valence-electron chi connectivity index (χ4n) is 1.14. The Morgan fingerprint density at radius 1 is 1.20 bits per heavy atom. The monoisotopic (exact) mass is 242 g/mol. The maximum Gasteiger partial charge on any atom is 0.138 e. The molecule has 0 amide bonds. The van der Waals surface area contributed by atoms with E-state index in [0.717, 1.165) is 5.56 Å². The second-order valence-corrected chi connectivity index (χ2v) is 3.70. The highest BCUT2D eigenvalue weighted by Gasteiger charge is 2.03. The van der Waals surface area contributed by atoms with Crippen LogP contribution in [0.15, 0.2) is 30.9 Å². The highest BCUT2D eigenvalue weighted by molar-refractivity contribution is 6.42. The summed E-state index contributed by atoms with van der Waals surface area (Å²) in [5.74, 6) is 0. The fraction of sp³-hybridized carbons (Fsp3) is 0.111. The molecule has 1 N–H and O–H groups in total. The van der Waals surface area contributed by atoms with Crippen molar-refractivity contribution in [1.82, 2.24) is 14.9 Å². The van der Waals surface area contributed by atoms with Crippen LogP contribution in [0.3, 0.4) is 0 Å². The molecule has 0 radical (unpaired) electrons. The van der Waals surface area contributed by atoms with Crippen LogP contribution >= 0.6 is 23.2 Å². The normalized spacial score (nSPS) is 10.3. The maximum absolute atomic E-state index is 6.02. The number of hydrogen-bond donors (Lipinski definition) is 1. The first-order valence-electron chi connectivity index (χ1n) is 4.29. The summed E-state index contributed by atoms with van der Waals surface area (Å²) >= 11 is 11.9. The average Bonchev–Trinajstić information content (AvgIpc) is 2.73. The molecular formula is C9H8Cl2N4. The molecule has 15 heavy (non-hydrogen) atoms. The van der Waals surface area contributed by atoms with Gasteiger partial charge in [-0.05, 0) is 11.6 Å². The Hall–Kier alpha value is -1.26. The summed E-state index contributed by atoms with van der Waals surface area (Å²) in [5, 5.41) is 8.46. The van der Waals surface area contributed by atoms with E-state index in [9.17, 15) is 0 Å². The standard InChI is InChI=1S/C9H8Cl2N4/c10-8-3-1-2-7(9(8)11)4-14-15-5-12-13-6-15/h1-3,5-6,14H,4H2. The molecule has 4 nitrogen and oxygen atoms in total. The predicted octanol–water partition coefficient (Wildman–Crippen LogP) is 2.33. The number of rotatable bonds is 3. The average molecular weight is 243 g/mol. The van der Waals surface area contributed by atoms with E-state index >= 15 is 0 Å². The molecule has 1 heterocycles. The molecule has 1 aromatic carbocycles. The lowest BCUT2D eigenvalue weighted by molar-refractivity contribution is 0.836. The van der Waals surface area contributed by atoms with Crippen molar-refractivity contribution >= 4 is 23.2 Å². The molecule has 0 spiro atoms. The summed E-state index contributed by atoms with van der Waals surface area (Å²) in [5.41, 5.74) is 3.99. The molecule has 1 aromatic heterocycles. The van der Waals surface area contributed by atoms with Gasteiger partial charge in [-0.1, -0.05) is 35.3 Å². The van der Waals surface area contributed by atoms with Crippen LogP contribution in [0.2, 0.25) is 10.0 Å². The minimum atomic E-state index is 0.555. The Morgan fingerprint density at radius 3 is 2.67 bits per heavy atom. The first-order valence-corrected chi connectivity index (χ1v) is 5.04. The molecule has 78 valence electrons. The molecule has 0 aliphatic carbocycles. The molecule has 0 aliphatic rings. The number of nitrogens with zero attached hydrogens (tertiary/aromatic N) is 3. The molecule has 0 unspecified atom stereocenters. The van der Waals surface area contributed by atoms with Crippen LogP contribution in [0.1, 0.15) is 5.56 Å². The van der Waals surface area contributed by atoms with Crippen LogP contribution in [0.25, 0.3) is 0 Å². The number of nitrogens with one attached hydrogen (secondary N) is 1. The molecular weight excluding hydrogens is 235 g/mol. The smallest absolute Gasteiger partial charge is 0.138 e. The maximum atomic E-state index is 6.02. The zero-order chi connectivity index (χ0) is 10.7. The molecule has 0 aliphatic heterocycles. The van der Waals surface area contributed by atoms with Crippen LogP contribution in [-0.2, 0) is 6.54 Å². The van der Waals surface area contributed by atoms with Gasteiger partial charge in [0.05, 0.1) is 16.6 Å². The lowest BCUT2D eigenvalue weighted by Gasteiger charge is -2.08. The minimum absolute atomic E-state index is 0.555. The summed E-state index contributed by atoms with van der Waals surface area (Å²) < 4.78 is 1.65. The summed E-state index contributed by atoms with van der Waals surface area (Å²) in [6.07, 6.45) is 3.14. The predicted molar refractivity (Wildman–Crippen MR) is 59.5 cm³/mol. The lowest BCUT2D eigenvalue weighted by Crippen LogP contribution is -2.12. The summed E-state index contributed by atoms with van der Waals surface area (Å²) in [7, 11) is 0. The van der Waals surface area contributed by atoms with Crippen LogP contribution in [0.5, 0.6) is 0 Å². The van der Waals surface area contributed by atoms with E-state index < -0.39 is 0 Å². The van der Waals surface area contributed by atoms with Crippen LogP contribution in [-0.4, -0.2) is 14.9 Å². The highest BCUT2D eigenvalue weighted by atomic mass is 35.5. The summed E-state index contributed by atoms with van der Waals surface area (Å²) in [6.45, 7) is 0.567. The Balaban J connectivity index is 2.08. The molecule has 2 aromatic rings. The van der Waals surface area contributed by atoms with Gasteiger partial charge in [0, 0.05) is 0 Å². The topological polar surface area (TPSA) is 42.7 Å². The Labute approximate surface area is 96.8 Å². The van der Waals surface area contributed by atoms with Gasteiger partial charge in [0.1, 0.15) is 12.7 Å².